The van der Waals surface area contributed by atoms with Crippen LogP contribution in [0.2, 0.25) is 0 Å². The Morgan fingerprint density at radius 2 is 1.96 bits per heavy atom. The van der Waals surface area contributed by atoms with Crippen molar-refractivity contribution in [1.82, 2.24) is 0 Å². The highest BCUT2D eigenvalue weighted by Crippen LogP contribution is 2.33. The molecule has 5 heteroatoms. The first kappa shape index (κ1) is 18.3. The Morgan fingerprint density at radius 1 is 1.25 bits per heavy atom. The van der Waals surface area contributed by atoms with Crippen molar-refractivity contribution in [3.05, 3.63) is 23.8 Å². The molecule has 5 nitrogen and oxygen atoms in total. The van der Waals surface area contributed by atoms with E-state index in [1.54, 1.807) is 0 Å². The van der Waals surface area contributed by atoms with Gasteiger partial charge in [-0.2, -0.15) is 0 Å². The maximum absolute atomic E-state index is 12.4. The molecule has 0 saturated heterocycles. The van der Waals surface area contributed by atoms with Gasteiger partial charge in [-0.3, -0.25) is 4.79 Å². The third kappa shape index (κ3) is 4.73. The molecule has 2 rings (SSSR count). The van der Waals surface area contributed by atoms with Gasteiger partial charge in [-0.05, 0) is 49.8 Å². The van der Waals surface area contributed by atoms with Gasteiger partial charge in [0, 0.05) is 5.92 Å². The molecule has 0 atom stereocenters. The molecule has 1 aromatic carbocycles. The highest BCUT2D eigenvalue weighted by Gasteiger charge is 2.26. The number of hydrogen-bond donors (Lipinski definition) is 2. The lowest BCUT2D eigenvalue weighted by atomic mass is 9.79. The maximum atomic E-state index is 12.4. The van der Waals surface area contributed by atoms with E-state index in [2.05, 4.69) is 17.0 Å². The van der Waals surface area contributed by atoms with Gasteiger partial charge in [-0.25, -0.2) is 4.79 Å². The van der Waals surface area contributed by atoms with Crippen LogP contribution in [0.15, 0.2) is 18.2 Å². The smallest absolute Gasteiger partial charge is 0.337 e. The van der Waals surface area contributed by atoms with E-state index in [-0.39, 0.29) is 23.1 Å². The molecule has 132 valence electrons. The summed E-state index contributed by atoms with van der Waals surface area (Å²) in [5.74, 6) is 0.0609. The molecule has 2 N–H and O–H groups in total. The van der Waals surface area contributed by atoms with Crippen LogP contribution in [0.3, 0.4) is 0 Å². The molecule has 0 radical (unpaired) electrons. The van der Waals surface area contributed by atoms with Crippen LogP contribution in [-0.2, 0) is 9.53 Å². The van der Waals surface area contributed by atoms with Gasteiger partial charge in [0.05, 0.1) is 18.4 Å². The molecular weight excluding hydrogens is 306 g/mol. The second kappa shape index (κ2) is 8.71. The zero-order valence-corrected chi connectivity index (χ0v) is 14.5. The lowest BCUT2D eigenvalue weighted by Gasteiger charge is -2.27. The van der Waals surface area contributed by atoms with E-state index in [4.69, 9.17) is 0 Å². The molecule has 1 aliphatic rings. The number of methoxy groups -OCH3 is 1. The summed E-state index contributed by atoms with van der Waals surface area (Å²) in [6.45, 7) is 2.21. The van der Waals surface area contributed by atoms with Crippen molar-refractivity contribution in [1.29, 1.82) is 0 Å². The molecule has 0 bridgehead atoms. The first-order valence-electron chi connectivity index (χ1n) is 8.77. The van der Waals surface area contributed by atoms with Crippen molar-refractivity contribution in [3.63, 3.8) is 0 Å². The molecule has 0 aliphatic heterocycles. The number of nitrogens with one attached hydrogen (secondary N) is 1. The number of phenols is 1. The predicted molar refractivity (Wildman–Crippen MR) is 93.0 cm³/mol. The molecule has 1 amide bonds. The lowest BCUT2D eigenvalue weighted by molar-refractivity contribution is -0.121. The minimum Gasteiger partial charge on any atom is -0.506 e. The minimum absolute atomic E-state index is 0.00237. The largest absolute Gasteiger partial charge is 0.506 e. The number of aromatic hydroxyl groups is 1. The molecule has 0 spiro atoms. The number of rotatable bonds is 6. The number of anilines is 1. The topological polar surface area (TPSA) is 75.6 Å². The van der Waals surface area contributed by atoms with Crippen molar-refractivity contribution in [2.75, 3.05) is 12.4 Å². The molecule has 24 heavy (non-hydrogen) atoms. The van der Waals surface area contributed by atoms with Crippen LogP contribution in [0.5, 0.6) is 5.75 Å². The molecule has 1 aromatic rings. The molecule has 0 heterocycles. The number of esters is 1. The van der Waals surface area contributed by atoms with Crippen LogP contribution in [-0.4, -0.2) is 24.1 Å². The second-order valence-electron chi connectivity index (χ2n) is 6.57. The Hall–Kier alpha value is -2.04. The van der Waals surface area contributed by atoms with E-state index in [0.29, 0.717) is 5.69 Å². The third-order valence-electron chi connectivity index (χ3n) is 4.86. The van der Waals surface area contributed by atoms with Crippen LogP contribution >= 0.6 is 0 Å². The first-order valence-corrected chi connectivity index (χ1v) is 8.77. The highest BCUT2D eigenvalue weighted by molar-refractivity contribution is 5.96. The van der Waals surface area contributed by atoms with Gasteiger partial charge in [0.1, 0.15) is 5.75 Å². The van der Waals surface area contributed by atoms with Crippen molar-refractivity contribution in [3.8, 4) is 5.75 Å². The summed E-state index contributed by atoms with van der Waals surface area (Å²) in [6.07, 6.45) is 7.77. The van der Waals surface area contributed by atoms with Gasteiger partial charge in [0.2, 0.25) is 5.91 Å². The van der Waals surface area contributed by atoms with Crippen LogP contribution in [0.1, 0.15) is 62.2 Å². The van der Waals surface area contributed by atoms with E-state index in [9.17, 15) is 14.7 Å². The maximum Gasteiger partial charge on any atom is 0.337 e. The monoisotopic (exact) mass is 333 g/mol. The van der Waals surface area contributed by atoms with Crippen LogP contribution in [0.25, 0.3) is 0 Å². The summed E-state index contributed by atoms with van der Waals surface area (Å²) in [5, 5.41) is 12.8. The standard InChI is InChI=1S/C19H27NO4/c1-3-4-5-13-6-8-14(9-7-13)18(22)20-16-11-10-15(12-17(16)21)19(23)24-2/h10-14,21H,3-9H2,1-2H3,(H,20,22). The zero-order chi connectivity index (χ0) is 17.5. The van der Waals surface area contributed by atoms with Gasteiger partial charge < -0.3 is 15.2 Å². The van der Waals surface area contributed by atoms with Crippen molar-refractivity contribution in [2.24, 2.45) is 11.8 Å². The molecule has 1 aliphatic carbocycles. The van der Waals surface area contributed by atoms with Gasteiger partial charge in [0.15, 0.2) is 0 Å². The Morgan fingerprint density at radius 3 is 2.54 bits per heavy atom. The Balaban J connectivity index is 1.90. The first-order chi connectivity index (χ1) is 11.5. The number of carbonyl (C=O) groups is 2. The predicted octanol–water partition coefficient (Wildman–Crippen LogP) is 4.11. The normalized spacial score (nSPS) is 20.4. The van der Waals surface area contributed by atoms with Crippen LogP contribution in [0, 0.1) is 11.8 Å². The van der Waals surface area contributed by atoms with E-state index < -0.39 is 5.97 Å². The van der Waals surface area contributed by atoms with Gasteiger partial charge >= 0.3 is 5.97 Å². The molecule has 0 aromatic heterocycles. The average Bonchev–Trinajstić information content (AvgIpc) is 2.61. The Bertz CT molecular complexity index is 577. The Kier molecular flexibility index (Phi) is 6.64. The molecule has 1 saturated carbocycles. The SMILES string of the molecule is CCCCC1CCC(C(=O)Nc2ccc(C(=O)OC)cc2O)CC1. The lowest BCUT2D eigenvalue weighted by Crippen LogP contribution is -2.27. The summed E-state index contributed by atoms with van der Waals surface area (Å²) in [5.41, 5.74) is 0.588. The summed E-state index contributed by atoms with van der Waals surface area (Å²) in [4.78, 5) is 23.8. The minimum atomic E-state index is -0.520. The number of unbranched alkanes of at least 4 members (excludes halogenated alkanes) is 1. The summed E-state index contributed by atoms with van der Waals surface area (Å²) < 4.78 is 4.61. The number of amides is 1. The zero-order valence-electron chi connectivity index (χ0n) is 14.5. The number of carbonyl (C=O) groups excluding carboxylic acids is 2. The third-order valence-corrected chi connectivity index (χ3v) is 4.86. The fourth-order valence-corrected chi connectivity index (χ4v) is 3.32. The number of ether oxygens (including phenoxy) is 1. The quantitative estimate of drug-likeness (QED) is 0.607. The van der Waals surface area contributed by atoms with E-state index in [1.165, 1.54) is 44.6 Å². The van der Waals surface area contributed by atoms with Gasteiger partial charge in [-0.1, -0.05) is 26.2 Å². The molecule has 0 unspecified atom stereocenters. The fraction of sp³-hybridized carbons (Fsp3) is 0.579. The number of benzene rings is 1. The van der Waals surface area contributed by atoms with Crippen LogP contribution < -0.4 is 5.32 Å². The van der Waals surface area contributed by atoms with Crippen molar-refractivity contribution in [2.45, 2.75) is 51.9 Å². The summed E-state index contributed by atoms with van der Waals surface area (Å²) >= 11 is 0. The fourth-order valence-electron chi connectivity index (χ4n) is 3.32. The van der Waals surface area contributed by atoms with Crippen molar-refractivity contribution < 1.29 is 19.4 Å². The average molecular weight is 333 g/mol. The number of phenolic OH excluding ortho intramolecular Hbond substituents is 1. The highest BCUT2D eigenvalue weighted by atomic mass is 16.5. The summed E-state index contributed by atoms with van der Waals surface area (Å²) in [7, 11) is 1.28. The van der Waals surface area contributed by atoms with E-state index >= 15 is 0 Å². The van der Waals surface area contributed by atoms with E-state index in [0.717, 1.165) is 31.6 Å². The molecular formula is C19H27NO4. The van der Waals surface area contributed by atoms with E-state index in [1.807, 2.05) is 0 Å². The van der Waals surface area contributed by atoms with Gasteiger partial charge in [-0.15, -0.1) is 0 Å². The second-order valence-corrected chi connectivity index (χ2v) is 6.57. The summed E-state index contributed by atoms with van der Waals surface area (Å²) in [6, 6.07) is 4.37. The number of hydrogen-bond acceptors (Lipinski definition) is 4. The molecule has 1 fully saturated rings. The van der Waals surface area contributed by atoms with Gasteiger partial charge in [0.25, 0.3) is 0 Å². The van der Waals surface area contributed by atoms with Crippen LogP contribution in [0.4, 0.5) is 5.69 Å². The van der Waals surface area contributed by atoms with Crippen molar-refractivity contribution >= 4 is 17.6 Å². The Labute approximate surface area is 143 Å².